The van der Waals surface area contributed by atoms with E-state index in [9.17, 15) is 9.90 Å². The molecular weight excluding hydrogens is 304 g/mol. The molecular formula is C19H28N2O3. The molecule has 5 heteroatoms. The Balaban J connectivity index is 1.36. The zero-order valence-corrected chi connectivity index (χ0v) is 14.3. The molecule has 2 aliphatic rings. The van der Waals surface area contributed by atoms with Gasteiger partial charge in [0.05, 0.1) is 0 Å². The molecule has 1 aromatic rings. The summed E-state index contributed by atoms with van der Waals surface area (Å²) in [5, 5.41) is 10.2. The summed E-state index contributed by atoms with van der Waals surface area (Å²) in [6.07, 6.45) is 4.01. The summed E-state index contributed by atoms with van der Waals surface area (Å²) in [5.41, 5.74) is 0. The normalized spacial score (nSPS) is 21.0. The van der Waals surface area contributed by atoms with Crippen molar-refractivity contribution in [3.05, 3.63) is 30.3 Å². The number of aliphatic hydroxyl groups excluding tert-OH is 1. The molecule has 2 fully saturated rings. The molecule has 1 saturated carbocycles. The standard InChI is InChI=1S/C19H28N2O3/c22-17(15-24-18-8-2-1-3-9-18)14-20-10-12-21(13-11-20)19(23)16-6-4-5-7-16/h1-3,8-9,16-17,22H,4-7,10-15H2/t17-/m0/s1. The van der Waals surface area contributed by atoms with Gasteiger partial charge in [-0.05, 0) is 25.0 Å². The summed E-state index contributed by atoms with van der Waals surface area (Å²) in [7, 11) is 0. The monoisotopic (exact) mass is 332 g/mol. The summed E-state index contributed by atoms with van der Waals surface area (Å²) >= 11 is 0. The second-order valence-electron chi connectivity index (χ2n) is 6.89. The van der Waals surface area contributed by atoms with Crippen molar-refractivity contribution in [1.82, 2.24) is 9.80 Å². The van der Waals surface area contributed by atoms with Crippen LogP contribution in [0, 0.1) is 5.92 Å². The van der Waals surface area contributed by atoms with Crippen LogP contribution in [0.5, 0.6) is 5.75 Å². The number of hydrogen-bond donors (Lipinski definition) is 1. The summed E-state index contributed by atoms with van der Waals surface area (Å²) < 4.78 is 5.59. The highest BCUT2D eigenvalue weighted by Gasteiger charge is 2.29. The number of amides is 1. The van der Waals surface area contributed by atoms with Crippen molar-refractivity contribution >= 4 is 5.91 Å². The van der Waals surface area contributed by atoms with Crippen molar-refractivity contribution in [2.75, 3.05) is 39.3 Å². The largest absolute Gasteiger partial charge is 0.491 e. The number of nitrogens with zero attached hydrogens (tertiary/aromatic N) is 2. The topological polar surface area (TPSA) is 53.0 Å². The first-order valence-electron chi connectivity index (χ1n) is 9.09. The molecule has 0 unspecified atom stereocenters. The number of carbonyl (C=O) groups is 1. The van der Waals surface area contributed by atoms with Gasteiger partial charge in [0.15, 0.2) is 0 Å². The van der Waals surface area contributed by atoms with E-state index < -0.39 is 6.10 Å². The van der Waals surface area contributed by atoms with Crippen LogP contribution in [0.4, 0.5) is 0 Å². The maximum Gasteiger partial charge on any atom is 0.225 e. The number of carbonyl (C=O) groups excluding carboxylic acids is 1. The molecule has 3 rings (SSSR count). The molecule has 24 heavy (non-hydrogen) atoms. The third-order valence-electron chi connectivity index (χ3n) is 5.04. The van der Waals surface area contributed by atoms with E-state index in [2.05, 4.69) is 4.90 Å². The van der Waals surface area contributed by atoms with Crippen LogP contribution in [-0.2, 0) is 4.79 Å². The Kier molecular flexibility index (Phi) is 6.10. The zero-order valence-electron chi connectivity index (χ0n) is 14.3. The fraction of sp³-hybridized carbons (Fsp3) is 0.632. The van der Waals surface area contributed by atoms with Crippen molar-refractivity contribution in [2.45, 2.75) is 31.8 Å². The third kappa shape index (κ3) is 4.71. The van der Waals surface area contributed by atoms with Crippen molar-refractivity contribution in [3.8, 4) is 5.75 Å². The van der Waals surface area contributed by atoms with Gasteiger partial charge in [-0.25, -0.2) is 0 Å². The summed E-state index contributed by atoms with van der Waals surface area (Å²) in [4.78, 5) is 16.7. The van der Waals surface area contributed by atoms with E-state index in [1.165, 1.54) is 12.8 Å². The Bertz CT molecular complexity index is 509. The predicted octanol–water partition coefficient (Wildman–Crippen LogP) is 1.76. The highest BCUT2D eigenvalue weighted by Crippen LogP contribution is 2.26. The van der Waals surface area contributed by atoms with Gasteiger partial charge in [0, 0.05) is 38.6 Å². The van der Waals surface area contributed by atoms with Crippen molar-refractivity contribution in [3.63, 3.8) is 0 Å². The first-order valence-corrected chi connectivity index (χ1v) is 9.09. The Hall–Kier alpha value is -1.59. The summed E-state index contributed by atoms with van der Waals surface area (Å²) in [6, 6.07) is 9.56. The number of rotatable bonds is 6. The lowest BCUT2D eigenvalue weighted by Gasteiger charge is -2.36. The Morgan fingerprint density at radius 2 is 1.79 bits per heavy atom. The van der Waals surface area contributed by atoms with Crippen molar-refractivity contribution < 1.29 is 14.6 Å². The minimum absolute atomic E-state index is 0.265. The van der Waals surface area contributed by atoms with Gasteiger partial charge in [-0.2, -0.15) is 0 Å². The predicted molar refractivity (Wildman–Crippen MR) is 92.9 cm³/mol. The molecule has 1 aliphatic carbocycles. The fourth-order valence-electron chi connectivity index (χ4n) is 3.64. The van der Waals surface area contributed by atoms with E-state index in [1.54, 1.807) is 0 Å². The molecule has 0 bridgehead atoms. The second kappa shape index (κ2) is 8.49. The van der Waals surface area contributed by atoms with Gasteiger partial charge >= 0.3 is 0 Å². The lowest BCUT2D eigenvalue weighted by atomic mass is 10.1. The van der Waals surface area contributed by atoms with E-state index in [1.807, 2.05) is 35.2 Å². The molecule has 1 N–H and O–H groups in total. The van der Waals surface area contributed by atoms with E-state index in [-0.39, 0.29) is 5.92 Å². The average Bonchev–Trinajstić information content (AvgIpc) is 3.16. The average molecular weight is 332 g/mol. The van der Waals surface area contributed by atoms with Gasteiger partial charge in [-0.1, -0.05) is 31.0 Å². The Morgan fingerprint density at radius 3 is 2.46 bits per heavy atom. The van der Waals surface area contributed by atoms with Crippen LogP contribution in [0.3, 0.4) is 0 Å². The van der Waals surface area contributed by atoms with Crippen LogP contribution in [0.1, 0.15) is 25.7 Å². The van der Waals surface area contributed by atoms with Crippen LogP contribution in [-0.4, -0.2) is 66.2 Å². The third-order valence-corrected chi connectivity index (χ3v) is 5.04. The van der Waals surface area contributed by atoms with E-state index >= 15 is 0 Å². The molecule has 5 nitrogen and oxygen atoms in total. The quantitative estimate of drug-likeness (QED) is 0.862. The molecule has 1 amide bonds. The number of piperazine rings is 1. The molecule has 0 aromatic heterocycles. The van der Waals surface area contributed by atoms with E-state index in [0.717, 1.165) is 44.8 Å². The number of ether oxygens (including phenoxy) is 1. The van der Waals surface area contributed by atoms with Crippen LogP contribution >= 0.6 is 0 Å². The summed E-state index contributed by atoms with van der Waals surface area (Å²) in [6.45, 7) is 4.12. The number of para-hydroxylation sites is 1. The molecule has 1 heterocycles. The number of benzene rings is 1. The lowest BCUT2D eigenvalue weighted by Crippen LogP contribution is -2.52. The van der Waals surface area contributed by atoms with Crippen molar-refractivity contribution in [1.29, 1.82) is 0 Å². The lowest BCUT2D eigenvalue weighted by molar-refractivity contribution is -0.137. The minimum atomic E-state index is -0.512. The zero-order chi connectivity index (χ0) is 16.8. The molecule has 1 atom stereocenters. The number of hydrogen-bond acceptors (Lipinski definition) is 4. The maximum atomic E-state index is 12.4. The smallest absolute Gasteiger partial charge is 0.225 e. The summed E-state index contributed by atoms with van der Waals surface area (Å²) in [5.74, 6) is 1.39. The molecule has 132 valence electrons. The van der Waals surface area contributed by atoms with Gasteiger partial charge in [-0.3, -0.25) is 9.69 Å². The highest BCUT2D eigenvalue weighted by atomic mass is 16.5. The first-order chi connectivity index (χ1) is 11.7. The van der Waals surface area contributed by atoms with E-state index in [4.69, 9.17) is 4.74 Å². The molecule has 0 spiro atoms. The SMILES string of the molecule is O=C(C1CCCC1)N1CCN(C[C@H](O)COc2ccccc2)CC1. The van der Waals surface area contributed by atoms with Gasteiger partial charge in [-0.15, -0.1) is 0 Å². The first kappa shape index (κ1) is 17.2. The van der Waals surface area contributed by atoms with Crippen LogP contribution in [0.25, 0.3) is 0 Å². The Morgan fingerprint density at radius 1 is 1.12 bits per heavy atom. The Labute approximate surface area is 144 Å². The molecule has 1 aromatic carbocycles. The van der Waals surface area contributed by atoms with Gasteiger partial charge in [0.1, 0.15) is 18.5 Å². The van der Waals surface area contributed by atoms with Crippen LogP contribution in [0.2, 0.25) is 0 Å². The van der Waals surface area contributed by atoms with E-state index in [0.29, 0.717) is 19.1 Å². The van der Waals surface area contributed by atoms with Crippen molar-refractivity contribution in [2.24, 2.45) is 5.92 Å². The number of β-amino-alcohol motifs (C(OH)–C–C–N with tert-alkyl or cyclic N) is 1. The van der Waals surface area contributed by atoms with Gasteiger partial charge < -0.3 is 14.7 Å². The van der Waals surface area contributed by atoms with Crippen LogP contribution < -0.4 is 4.74 Å². The van der Waals surface area contributed by atoms with Gasteiger partial charge in [0.25, 0.3) is 0 Å². The molecule has 1 aliphatic heterocycles. The fourth-order valence-corrected chi connectivity index (χ4v) is 3.64. The second-order valence-corrected chi connectivity index (χ2v) is 6.89. The van der Waals surface area contributed by atoms with Gasteiger partial charge in [0.2, 0.25) is 5.91 Å². The minimum Gasteiger partial charge on any atom is -0.491 e. The molecule has 1 saturated heterocycles. The highest BCUT2D eigenvalue weighted by molar-refractivity contribution is 5.79. The molecule has 0 radical (unpaired) electrons. The maximum absolute atomic E-state index is 12.4. The van der Waals surface area contributed by atoms with Crippen LogP contribution in [0.15, 0.2) is 30.3 Å². The number of aliphatic hydroxyl groups is 1.